The highest BCUT2D eigenvalue weighted by atomic mass is 35.5. The van der Waals surface area contributed by atoms with Crippen molar-refractivity contribution in [3.63, 3.8) is 0 Å². The summed E-state index contributed by atoms with van der Waals surface area (Å²) in [6.07, 6.45) is 0. The van der Waals surface area contributed by atoms with Crippen LogP contribution in [0.3, 0.4) is 0 Å². The number of hydrogen-bond acceptors (Lipinski definition) is 4. The fourth-order valence-electron chi connectivity index (χ4n) is 2.73. The van der Waals surface area contributed by atoms with Crippen molar-refractivity contribution in [2.45, 2.75) is 6.92 Å². The Balaban J connectivity index is 2.07. The molecule has 0 fully saturated rings. The van der Waals surface area contributed by atoms with Gasteiger partial charge in [-0.3, -0.25) is 4.79 Å². The number of carbonyl (C=O) groups is 2. The molecular weight excluding hydrogens is 405 g/mol. The normalized spacial score (nSPS) is 10.5. The predicted octanol–water partition coefficient (Wildman–Crippen LogP) is 6.07. The van der Waals surface area contributed by atoms with Crippen LogP contribution < -0.4 is 5.32 Å². The van der Waals surface area contributed by atoms with Gasteiger partial charge in [-0.2, -0.15) is 0 Å². The molecule has 1 heterocycles. The molecule has 0 spiro atoms. The molecule has 7 heteroatoms. The lowest BCUT2D eigenvalue weighted by atomic mass is 10.0. The van der Waals surface area contributed by atoms with E-state index in [1.807, 2.05) is 13.0 Å². The highest BCUT2D eigenvalue weighted by Gasteiger charge is 2.25. The van der Waals surface area contributed by atoms with E-state index in [0.717, 1.165) is 10.4 Å². The Morgan fingerprint density at radius 3 is 2.33 bits per heavy atom. The number of aryl methyl sites for hydroxylation is 1. The minimum absolute atomic E-state index is 0.303. The van der Waals surface area contributed by atoms with Gasteiger partial charge < -0.3 is 10.1 Å². The number of hydrogen-bond donors (Lipinski definition) is 1. The third-order valence-corrected chi connectivity index (χ3v) is 5.39. The van der Waals surface area contributed by atoms with Crippen LogP contribution in [0.2, 0.25) is 10.0 Å². The maximum Gasteiger partial charge on any atom is 0.341 e. The van der Waals surface area contributed by atoms with Crippen molar-refractivity contribution in [1.82, 2.24) is 0 Å². The van der Waals surface area contributed by atoms with E-state index in [0.29, 0.717) is 31.7 Å². The summed E-state index contributed by atoms with van der Waals surface area (Å²) in [6, 6.07) is 13.8. The Kier molecular flexibility index (Phi) is 5.85. The van der Waals surface area contributed by atoms with Crippen molar-refractivity contribution in [3.8, 4) is 11.1 Å². The van der Waals surface area contributed by atoms with E-state index >= 15 is 0 Å². The zero-order valence-corrected chi connectivity index (χ0v) is 16.8. The SMILES string of the molecule is COC(=O)c1c(NC(=O)c2cccc(Cl)c2)sc(C)c1-c1cccc(Cl)c1. The first-order valence-corrected chi connectivity index (χ1v) is 9.52. The zero-order valence-electron chi connectivity index (χ0n) is 14.5. The molecule has 0 aliphatic rings. The van der Waals surface area contributed by atoms with Crippen LogP contribution in [-0.4, -0.2) is 19.0 Å². The number of nitrogens with one attached hydrogen (secondary N) is 1. The molecule has 0 radical (unpaired) electrons. The molecule has 4 nitrogen and oxygen atoms in total. The van der Waals surface area contributed by atoms with Gasteiger partial charge in [0.15, 0.2) is 0 Å². The van der Waals surface area contributed by atoms with Crippen molar-refractivity contribution in [2.24, 2.45) is 0 Å². The minimum atomic E-state index is -0.532. The van der Waals surface area contributed by atoms with Gasteiger partial charge >= 0.3 is 5.97 Å². The maximum absolute atomic E-state index is 12.6. The van der Waals surface area contributed by atoms with Gasteiger partial charge in [0.25, 0.3) is 5.91 Å². The largest absolute Gasteiger partial charge is 0.465 e. The quantitative estimate of drug-likeness (QED) is 0.522. The van der Waals surface area contributed by atoms with Crippen molar-refractivity contribution in [1.29, 1.82) is 0 Å². The van der Waals surface area contributed by atoms with Crippen LogP contribution in [0.4, 0.5) is 5.00 Å². The number of esters is 1. The number of halogens is 2. The summed E-state index contributed by atoms with van der Waals surface area (Å²) in [5.74, 6) is -0.891. The Hall–Kier alpha value is -2.34. The molecule has 1 aromatic heterocycles. The van der Waals surface area contributed by atoms with E-state index in [2.05, 4.69) is 5.32 Å². The van der Waals surface area contributed by atoms with Gasteiger partial charge in [-0.05, 0) is 42.8 Å². The first kappa shape index (κ1) is 19.4. The molecule has 1 amide bonds. The zero-order chi connectivity index (χ0) is 19.6. The van der Waals surface area contributed by atoms with Crippen molar-refractivity contribution in [2.75, 3.05) is 12.4 Å². The number of thiophene rings is 1. The van der Waals surface area contributed by atoms with Gasteiger partial charge in [0, 0.05) is 26.0 Å². The molecule has 0 saturated heterocycles. The van der Waals surface area contributed by atoms with Gasteiger partial charge in [0.05, 0.1) is 7.11 Å². The summed E-state index contributed by atoms with van der Waals surface area (Å²) in [7, 11) is 1.31. The van der Waals surface area contributed by atoms with Gasteiger partial charge in [-0.1, -0.05) is 41.4 Å². The average Bonchev–Trinajstić information content (AvgIpc) is 2.96. The average molecular weight is 420 g/mol. The number of anilines is 1. The fraction of sp³-hybridized carbons (Fsp3) is 0.100. The van der Waals surface area contributed by atoms with Crippen LogP contribution in [0.25, 0.3) is 11.1 Å². The lowest BCUT2D eigenvalue weighted by molar-refractivity contribution is 0.0603. The summed E-state index contributed by atoms with van der Waals surface area (Å²) < 4.78 is 4.95. The highest BCUT2D eigenvalue weighted by Crippen LogP contribution is 2.41. The van der Waals surface area contributed by atoms with Gasteiger partial charge in [-0.15, -0.1) is 11.3 Å². The predicted molar refractivity (Wildman–Crippen MR) is 110 cm³/mol. The van der Waals surface area contributed by atoms with E-state index < -0.39 is 5.97 Å². The van der Waals surface area contributed by atoms with E-state index in [-0.39, 0.29) is 5.91 Å². The Bertz CT molecular complexity index is 1030. The van der Waals surface area contributed by atoms with E-state index in [1.165, 1.54) is 18.4 Å². The van der Waals surface area contributed by atoms with Crippen LogP contribution >= 0.6 is 34.5 Å². The van der Waals surface area contributed by atoms with Crippen LogP contribution in [0.1, 0.15) is 25.6 Å². The smallest absolute Gasteiger partial charge is 0.341 e. The first-order chi connectivity index (χ1) is 12.9. The van der Waals surface area contributed by atoms with Gasteiger partial charge in [0.2, 0.25) is 0 Å². The number of ether oxygens (including phenoxy) is 1. The van der Waals surface area contributed by atoms with Crippen LogP contribution in [0, 0.1) is 6.92 Å². The third kappa shape index (κ3) is 4.16. The summed E-state index contributed by atoms with van der Waals surface area (Å²) in [5.41, 5.74) is 2.17. The summed E-state index contributed by atoms with van der Waals surface area (Å²) in [4.78, 5) is 25.9. The highest BCUT2D eigenvalue weighted by molar-refractivity contribution is 7.17. The van der Waals surface area contributed by atoms with E-state index in [4.69, 9.17) is 27.9 Å². The second-order valence-corrected chi connectivity index (χ2v) is 7.80. The lowest BCUT2D eigenvalue weighted by Gasteiger charge is -2.08. The van der Waals surface area contributed by atoms with Crippen molar-refractivity contribution in [3.05, 3.63) is 74.6 Å². The standard InChI is InChI=1S/C20H15Cl2NO3S/c1-11-16(12-5-3-7-14(21)9-12)17(20(25)26-2)19(27-11)23-18(24)13-6-4-8-15(22)10-13/h3-10H,1-2H3,(H,23,24). The number of carbonyl (C=O) groups excluding carboxylic acids is 2. The number of amides is 1. The number of rotatable bonds is 4. The van der Waals surface area contributed by atoms with Crippen LogP contribution in [0.15, 0.2) is 48.5 Å². The maximum atomic E-state index is 12.6. The molecule has 0 bridgehead atoms. The molecule has 0 saturated carbocycles. The topological polar surface area (TPSA) is 55.4 Å². The molecule has 27 heavy (non-hydrogen) atoms. The summed E-state index contributed by atoms with van der Waals surface area (Å²) in [6.45, 7) is 1.88. The molecule has 3 aromatic rings. The molecule has 2 aromatic carbocycles. The molecule has 3 rings (SSSR count). The molecule has 1 N–H and O–H groups in total. The van der Waals surface area contributed by atoms with Gasteiger partial charge in [0.1, 0.15) is 10.6 Å². The Morgan fingerprint density at radius 1 is 1.04 bits per heavy atom. The molecule has 0 aliphatic heterocycles. The molecular formula is C20H15Cl2NO3S. The lowest BCUT2D eigenvalue weighted by Crippen LogP contribution is -2.14. The summed E-state index contributed by atoms with van der Waals surface area (Å²) in [5, 5.41) is 4.23. The summed E-state index contributed by atoms with van der Waals surface area (Å²) >= 11 is 13.4. The number of benzene rings is 2. The monoisotopic (exact) mass is 419 g/mol. The van der Waals surface area contributed by atoms with Crippen molar-refractivity contribution >= 4 is 51.4 Å². The van der Waals surface area contributed by atoms with E-state index in [1.54, 1.807) is 42.5 Å². The Labute approximate surface area is 170 Å². The van der Waals surface area contributed by atoms with Crippen molar-refractivity contribution < 1.29 is 14.3 Å². The minimum Gasteiger partial charge on any atom is -0.465 e. The Morgan fingerprint density at radius 2 is 1.70 bits per heavy atom. The second-order valence-electron chi connectivity index (χ2n) is 5.70. The molecule has 0 unspecified atom stereocenters. The first-order valence-electron chi connectivity index (χ1n) is 7.95. The van der Waals surface area contributed by atoms with Crippen LogP contribution in [-0.2, 0) is 4.74 Å². The molecule has 0 aliphatic carbocycles. The van der Waals surface area contributed by atoms with E-state index in [9.17, 15) is 9.59 Å². The number of methoxy groups -OCH3 is 1. The van der Waals surface area contributed by atoms with Crippen LogP contribution in [0.5, 0.6) is 0 Å². The second kappa shape index (κ2) is 8.13. The third-order valence-electron chi connectivity index (χ3n) is 3.90. The van der Waals surface area contributed by atoms with Gasteiger partial charge in [-0.25, -0.2) is 4.79 Å². The molecule has 138 valence electrons. The fourth-order valence-corrected chi connectivity index (χ4v) is 4.17. The molecule has 0 atom stereocenters.